The Kier molecular flexibility index (Phi) is 4.30. The van der Waals surface area contributed by atoms with Gasteiger partial charge in [0.1, 0.15) is 5.75 Å². The summed E-state index contributed by atoms with van der Waals surface area (Å²) < 4.78 is 11.2. The smallest absolute Gasteiger partial charge is 0.270 e. The van der Waals surface area contributed by atoms with Gasteiger partial charge in [0.15, 0.2) is 5.60 Å². The lowest BCUT2D eigenvalue weighted by Gasteiger charge is -2.38. The molecule has 0 atom stereocenters. The van der Waals surface area contributed by atoms with Gasteiger partial charge in [-0.2, -0.15) is 0 Å². The molecule has 2 N–H and O–H groups in total. The van der Waals surface area contributed by atoms with E-state index in [1.54, 1.807) is 18.7 Å². The summed E-state index contributed by atoms with van der Waals surface area (Å²) in [5, 5.41) is 0. The van der Waals surface area contributed by atoms with Crippen LogP contribution in [0.25, 0.3) is 0 Å². The van der Waals surface area contributed by atoms with E-state index in [0.717, 1.165) is 17.0 Å². The Bertz CT molecular complexity index is 500. The van der Waals surface area contributed by atoms with Crippen molar-refractivity contribution in [1.29, 1.82) is 0 Å². The van der Waals surface area contributed by atoms with Crippen LogP contribution in [-0.4, -0.2) is 37.8 Å². The lowest BCUT2D eigenvalue weighted by atomic mass is 10.0. The van der Waals surface area contributed by atoms with Crippen LogP contribution >= 0.6 is 0 Å². The van der Waals surface area contributed by atoms with Gasteiger partial charge in [-0.1, -0.05) is 6.07 Å². The van der Waals surface area contributed by atoms with E-state index in [-0.39, 0.29) is 5.91 Å². The number of benzene rings is 1. The van der Waals surface area contributed by atoms with Crippen molar-refractivity contribution < 1.29 is 14.3 Å². The molecule has 20 heavy (non-hydrogen) atoms. The number of aryl methyl sites for hydroxylation is 1. The summed E-state index contributed by atoms with van der Waals surface area (Å²) in [6, 6.07) is 5.85. The molecule has 0 aliphatic carbocycles. The molecule has 1 aromatic rings. The third kappa shape index (κ3) is 2.94. The fraction of sp³-hybridized carbons (Fsp3) is 0.533. The van der Waals surface area contributed by atoms with Gasteiger partial charge >= 0.3 is 0 Å². The molecule has 1 aliphatic heterocycles. The summed E-state index contributed by atoms with van der Waals surface area (Å²) >= 11 is 0. The highest BCUT2D eigenvalue weighted by atomic mass is 16.5. The molecular formula is C15H22N2O3. The fourth-order valence-electron chi connectivity index (χ4n) is 2.24. The third-order valence-electron chi connectivity index (χ3n) is 3.25. The zero-order valence-electron chi connectivity index (χ0n) is 12.3. The van der Waals surface area contributed by atoms with Crippen molar-refractivity contribution in [1.82, 2.24) is 0 Å². The molecule has 0 aromatic heterocycles. The first-order valence-corrected chi connectivity index (χ1v) is 6.85. The third-order valence-corrected chi connectivity index (χ3v) is 3.25. The first kappa shape index (κ1) is 14.8. The Balaban J connectivity index is 2.22. The summed E-state index contributed by atoms with van der Waals surface area (Å²) in [4.78, 5) is 14.2. The Labute approximate surface area is 119 Å². The summed E-state index contributed by atoms with van der Waals surface area (Å²) in [7, 11) is 0. The van der Waals surface area contributed by atoms with Crippen LogP contribution in [0.2, 0.25) is 0 Å². The average molecular weight is 278 g/mol. The van der Waals surface area contributed by atoms with Gasteiger partial charge in [-0.3, -0.25) is 4.79 Å². The topological polar surface area (TPSA) is 64.8 Å². The van der Waals surface area contributed by atoms with Crippen LogP contribution in [0.5, 0.6) is 5.75 Å². The highest BCUT2D eigenvalue weighted by Crippen LogP contribution is 2.38. The van der Waals surface area contributed by atoms with E-state index < -0.39 is 5.60 Å². The Hall–Kier alpha value is -1.59. The van der Waals surface area contributed by atoms with Crippen LogP contribution in [0.1, 0.15) is 19.4 Å². The number of carbonyl (C=O) groups excluding carboxylic acids is 1. The molecule has 0 fully saturated rings. The molecule has 110 valence electrons. The summed E-state index contributed by atoms with van der Waals surface area (Å²) in [6.45, 7) is 7.53. The van der Waals surface area contributed by atoms with E-state index >= 15 is 0 Å². The number of ether oxygens (including phenoxy) is 2. The molecule has 0 saturated heterocycles. The average Bonchev–Trinajstić information content (AvgIpc) is 2.38. The molecule has 1 aromatic carbocycles. The summed E-state index contributed by atoms with van der Waals surface area (Å²) in [5.74, 6) is 0.693. The number of nitrogens with two attached hydrogens (primary N) is 1. The first-order valence-electron chi connectivity index (χ1n) is 6.85. The minimum atomic E-state index is -0.853. The summed E-state index contributed by atoms with van der Waals surface area (Å²) in [6.07, 6.45) is 0. The van der Waals surface area contributed by atoms with Crippen molar-refractivity contribution >= 4 is 11.6 Å². The monoisotopic (exact) mass is 278 g/mol. The Morgan fingerprint density at radius 2 is 2.10 bits per heavy atom. The van der Waals surface area contributed by atoms with Crippen molar-refractivity contribution in [3.63, 3.8) is 0 Å². The Morgan fingerprint density at radius 3 is 2.80 bits per heavy atom. The van der Waals surface area contributed by atoms with Crippen molar-refractivity contribution in [2.24, 2.45) is 5.73 Å². The van der Waals surface area contributed by atoms with Crippen LogP contribution in [0, 0.1) is 6.92 Å². The molecule has 5 heteroatoms. The molecule has 1 amide bonds. The van der Waals surface area contributed by atoms with E-state index in [4.69, 9.17) is 15.2 Å². The van der Waals surface area contributed by atoms with E-state index in [1.807, 2.05) is 25.1 Å². The highest BCUT2D eigenvalue weighted by Gasteiger charge is 2.40. The van der Waals surface area contributed by atoms with E-state index in [1.165, 1.54) is 0 Å². The zero-order chi connectivity index (χ0) is 14.8. The van der Waals surface area contributed by atoms with Crippen molar-refractivity contribution in [2.75, 3.05) is 31.2 Å². The standard InChI is InChI=1S/C15H22N2O3/c1-11-4-5-12-13(10-11)20-15(2,3)14(18)17(12)7-9-19-8-6-16/h4-5,10H,6-9,16H2,1-3H3. The van der Waals surface area contributed by atoms with E-state index in [0.29, 0.717) is 26.3 Å². The first-order chi connectivity index (χ1) is 9.45. The van der Waals surface area contributed by atoms with Crippen LogP contribution in [0.4, 0.5) is 5.69 Å². The lowest BCUT2D eigenvalue weighted by Crippen LogP contribution is -2.53. The Morgan fingerprint density at radius 1 is 1.35 bits per heavy atom. The minimum absolute atomic E-state index is 0.0507. The second kappa shape index (κ2) is 5.81. The molecule has 2 rings (SSSR count). The number of fused-ring (bicyclic) bond motifs is 1. The van der Waals surface area contributed by atoms with Gasteiger partial charge in [0, 0.05) is 13.1 Å². The maximum Gasteiger partial charge on any atom is 0.270 e. The highest BCUT2D eigenvalue weighted by molar-refractivity contribution is 6.02. The van der Waals surface area contributed by atoms with Crippen LogP contribution < -0.4 is 15.4 Å². The van der Waals surface area contributed by atoms with Crippen molar-refractivity contribution in [2.45, 2.75) is 26.4 Å². The van der Waals surface area contributed by atoms with Gasteiger partial charge < -0.3 is 20.1 Å². The quantitative estimate of drug-likeness (QED) is 0.828. The number of hydrogen-bond donors (Lipinski definition) is 1. The second-order valence-corrected chi connectivity index (χ2v) is 5.44. The van der Waals surface area contributed by atoms with Gasteiger partial charge in [-0.15, -0.1) is 0 Å². The predicted octanol–water partition coefficient (Wildman–Crippen LogP) is 1.47. The van der Waals surface area contributed by atoms with Gasteiger partial charge in [0.2, 0.25) is 0 Å². The molecular weight excluding hydrogens is 256 g/mol. The molecule has 0 bridgehead atoms. The van der Waals surface area contributed by atoms with Crippen LogP contribution in [-0.2, 0) is 9.53 Å². The zero-order valence-corrected chi connectivity index (χ0v) is 12.3. The number of rotatable bonds is 5. The lowest BCUT2D eigenvalue weighted by molar-refractivity contribution is -0.132. The number of nitrogens with zero attached hydrogens (tertiary/aromatic N) is 1. The van der Waals surface area contributed by atoms with Crippen LogP contribution in [0.3, 0.4) is 0 Å². The molecule has 0 saturated carbocycles. The largest absolute Gasteiger partial charge is 0.476 e. The van der Waals surface area contributed by atoms with Crippen molar-refractivity contribution in [3.8, 4) is 5.75 Å². The number of hydrogen-bond acceptors (Lipinski definition) is 4. The predicted molar refractivity (Wildman–Crippen MR) is 78.1 cm³/mol. The maximum atomic E-state index is 12.5. The fourth-order valence-corrected chi connectivity index (χ4v) is 2.24. The van der Waals surface area contributed by atoms with Crippen LogP contribution in [0.15, 0.2) is 18.2 Å². The van der Waals surface area contributed by atoms with Gasteiger partial charge in [0.05, 0.1) is 18.9 Å². The number of amides is 1. The summed E-state index contributed by atoms with van der Waals surface area (Å²) in [5.41, 5.74) is 6.44. The SMILES string of the molecule is Cc1ccc2c(c1)OC(C)(C)C(=O)N2CCOCCN. The molecule has 1 heterocycles. The van der Waals surface area contributed by atoms with E-state index in [9.17, 15) is 4.79 Å². The minimum Gasteiger partial charge on any atom is -0.476 e. The maximum absolute atomic E-state index is 12.5. The van der Waals surface area contributed by atoms with E-state index in [2.05, 4.69) is 0 Å². The normalized spacial score (nSPS) is 16.8. The van der Waals surface area contributed by atoms with Crippen molar-refractivity contribution in [3.05, 3.63) is 23.8 Å². The second-order valence-electron chi connectivity index (χ2n) is 5.44. The van der Waals surface area contributed by atoms with Gasteiger partial charge in [-0.25, -0.2) is 0 Å². The number of anilines is 1. The molecule has 0 radical (unpaired) electrons. The number of carbonyl (C=O) groups is 1. The molecule has 0 unspecified atom stereocenters. The van der Waals surface area contributed by atoms with Gasteiger partial charge in [-0.05, 0) is 38.5 Å². The molecule has 5 nitrogen and oxygen atoms in total. The molecule has 0 spiro atoms. The molecule has 1 aliphatic rings. The van der Waals surface area contributed by atoms with Gasteiger partial charge in [0.25, 0.3) is 5.91 Å².